The van der Waals surface area contributed by atoms with Crippen LogP contribution in [0, 0.1) is 13.8 Å². The van der Waals surface area contributed by atoms with Gasteiger partial charge in [0, 0.05) is 0 Å². The molecule has 1 N–H and O–H groups in total. The van der Waals surface area contributed by atoms with Crippen LogP contribution >= 0.6 is 0 Å². The van der Waals surface area contributed by atoms with Crippen molar-refractivity contribution in [1.82, 2.24) is 0 Å². The third-order valence-electron chi connectivity index (χ3n) is 3.58. The minimum Gasteiger partial charge on any atom is -0.478 e. The molecule has 108 valence electrons. The predicted molar refractivity (Wildman–Crippen MR) is 79.7 cm³/mol. The van der Waals surface area contributed by atoms with Gasteiger partial charge in [-0.05, 0) is 42.2 Å². The zero-order valence-corrected chi connectivity index (χ0v) is 12.1. The zero-order chi connectivity index (χ0) is 15.6. The molecule has 4 heteroatoms. The van der Waals surface area contributed by atoms with Crippen molar-refractivity contribution < 1.29 is 19.4 Å². The lowest BCUT2D eigenvalue weighted by Gasteiger charge is -2.14. The minimum absolute atomic E-state index is 0.0553. The summed E-state index contributed by atoms with van der Waals surface area (Å²) in [6, 6.07) is 10.5. The van der Waals surface area contributed by atoms with Gasteiger partial charge in [-0.2, -0.15) is 0 Å². The fourth-order valence-corrected chi connectivity index (χ4v) is 2.32. The molecule has 0 saturated carbocycles. The Balaban J connectivity index is 2.80. The van der Waals surface area contributed by atoms with Crippen LogP contribution in [0.15, 0.2) is 36.4 Å². The smallest absolute Gasteiger partial charge is 0.339 e. The number of carboxylic acids is 1. The molecule has 0 unspecified atom stereocenters. The van der Waals surface area contributed by atoms with E-state index in [1.165, 1.54) is 13.2 Å². The van der Waals surface area contributed by atoms with Crippen molar-refractivity contribution in [2.24, 2.45) is 0 Å². The van der Waals surface area contributed by atoms with Gasteiger partial charge in [-0.25, -0.2) is 9.59 Å². The molecule has 2 rings (SSSR count). The normalized spacial score (nSPS) is 10.2. The van der Waals surface area contributed by atoms with Crippen molar-refractivity contribution in [1.29, 1.82) is 0 Å². The first-order chi connectivity index (χ1) is 9.97. The monoisotopic (exact) mass is 284 g/mol. The van der Waals surface area contributed by atoms with Crippen LogP contribution in [0.5, 0.6) is 0 Å². The second kappa shape index (κ2) is 5.79. The summed E-state index contributed by atoms with van der Waals surface area (Å²) < 4.78 is 4.76. The number of hydrogen-bond acceptors (Lipinski definition) is 3. The molecule has 0 amide bonds. The second-order valence-corrected chi connectivity index (χ2v) is 4.77. The number of aryl methyl sites for hydroxylation is 1. The molecule has 2 aromatic carbocycles. The van der Waals surface area contributed by atoms with Gasteiger partial charge in [0.25, 0.3) is 0 Å². The maximum absolute atomic E-state index is 12.0. The van der Waals surface area contributed by atoms with E-state index in [0.717, 1.165) is 16.7 Å². The molecule has 0 radical (unpaired) electrons. The molecule has 0 aliphatic heterocycles. The van der Waals surface area contributed by atoms with Crippen LogP contribution < -0.4 is 0 Å². The molecule has 0 aliphatic carbocycles. The van der Waals surface area contributed by atoms with E-state index in [1.54, 1.807) is 12.1 Å². The van der Waals surface area contributed by atoms with Gasteiger partial charge in [-0.1, -0.05) is 30.3 Å². The first kappa shape index (κ1) is 14.8. The molecule has 2 aromatic rings. The number of ether oxygens (including phenoxy) is 1. The van der Waals surface area contributed by atoms with E-state index in [2.05, 4.69) is 0 Å². The number of benzene rings is 2. The Hall–Kier alpha value is -2.62. The summed E-state index contributed by atoms with van der Waals surface area (Å²) in [6.07, 6.45) is 0. The SMILES string of the molecule is COC(=O)c1c(C(=O)O)cccc1-c1cccc(C)c1C. The highest BCUT2D eigenvalue weighted by Crippen LogP contribution is 2.31. The van der Waals surface area contributed by atoms with E-state index in [0.29, 0.717) is 5.56 Å². The Bertz CT molecular complexity index is 717. The van der Waals surface area contributed by atoms with Gasteiger partial charge in [0.2, 0.25) is 0 Å². The lowest BCUT2D eigenvalue weighted by Crippen LogP contribution is -2.12. The number of rotatable bonds is 3. The molecule has 21 heavy (non-hydrogen) atoms. The second-order valence-electron chi connectivity index (χ2n) is 4.77. The Morgan fingerprint density at radius 1 is 1.00 bits per heavy atom. The van der Waals surface area contributed by atoms with Gasteiger partial charge in [0.1, 0.15) is 0 Å². The van der Waals surface area contributed by atoms with Gasteiger partial charge in [0.15, 0.2) is 0 Å². The molecule has 0 bridgehead atoms. The third-order valence-corrected chi connectivity index (χ3v) is 3.58. The van der Waals surface area contributed by atoms with Gasteiger partial charge < -0.3 is 9.84 Å². The Labute approximate surface area is 123 Å². The van der Waals surface area contributed by atoms with Crippen molar-refractivity contribution in [3.63, 3.8) is 0 Å². The van der Waals surface area contributed by atoms with Crippen molar-refractivity contribution >= 4 is 11.9 Å². The summed E-state index contributed by atoms with van der Waals surface area (Å²) in [5, 5.41) is 9.30. The average Bonchev–Trinajstić information content (AvgIpc) is 2.48. The summed E-state index contributed by atoms with van der Waals surface area (Å²) in [5.74, 6) is -1.80. The highest BCUT2D eigenvalue weighted by molar-refractivity contribution is 6.07. The van der Waals surface area contributed by atoms with Crippen LogP contribution in [0.3, 0.4) is 0 Å². The maximum Gasteiger partial charge on any atom is 0.339 e. The Morgan fingerprint density at radius 2 is 1.62 bits per heavy atom. The lowest BCUT2D eigenvalue weighted by molar-refractivity contribution is 0.0583. The molecule has 0 saturated heterocycles. The highest BCUT2D eigenvalue weighted by Gasteiger charge is 2.22. The van der Waals surface area contributed by atoms with E-state index in [1.807, 2.05) is 32.0 Å². The van der Waals surface area contributed by atoms with E-state index in [4.69, 9.17) is 4.74 Å². The summed E-state index contributed by atoms with van der Waals surface area (Å²) in [4.78, 5) is 23.4. The van der Waals surface area contributed by atoms with E-state index in [9.17, 15) is 14.7 Å². The quantitative estimate of drug-likeness (QED) is 0.877. The van der Waals surface area contributed by atoms with E-state index in [-0.39, 0.29) is 11.1 Å². The van der Waals surface area contributed by atoms with Crippen molar-refractivity contribution in [3.8, 4) is 11.1 Å². The Morgan fingerprint density at radius 3 is 2.24 bits per heavy atom. The number of carbonyl (C=O) groups is 2. The molecule has 0 spiro atoms. The van der Waals surface area contributed by atoms with Crippen LogP contribution in [0.25, 0.3) is 11.1 Å². The molecule has 4 nitrogen and oxygen atoms in total. The number of methoxy groups -OCH3 is 1. The number of aromatic carboxylic acids is 1. The molecule has 0 heterocycles. The number of carbonyl (C=O) groups excluding carboxylic acids is 1. The molecule has 0 fully saturated rings. The number of hydrogen-bond donors (Lipinski definition) is 1. The minimum atomic E-state index is -1.15. The van der Waals surface area contributed by atoms with Gasteiger partial charge >= 0.3 is 11.9 Å². The topological polar surface area (TPSA) is 63.6 Å². The predicted octanol–water partition coefficient (Wildman–Crippen LogP) is 3.46. The third kappa shape index (κ3) is 2.65. The zero-order valence-electron chi connectivity index (χ0n) is 12.1. The van der Waals surface area contributed by atoms with Gasteiger partial charge in [-0.15, -0.1) is 0 Å². The molecular formula is C17H16O4. The van der Waals surface area contributed by atoms with Gasteiger partial charge in [0.05, 0.1) is 18.2 Å². The van der Waals surface area contributed by atoms with Crippen LogP contribution in [-0.4, -0.2) is 24.2 Å². The summed E-state index contributed by atoms with van der Waals surface area (Å²) in [5.41, 5.74) is 3.51. The number of esters is 1. The van der Waals surface area contributed by atoms with Gasteiger partial charge in [-0.3, -0.25) is 0 Å². The fraction of sp³-hybridized carbons (Fsp3) is 0.176. The standard InChI is InChI=1S/C17H16O4/c1-10-6-4-7-12(11(10)2)13-8-5-9-14(16(18)19)15(13)17(20)21-3/h4-9H,1-3H3,(H,18,19). The molecule has 0 aliphatic rings. The maximum atomic E-state index is 12.0. The summed E-state index contributed by atoms with van der Waals surface area (Å²) in [6.45, 7) is 3.91. The lowest BCUT2D eigenvalue weighted by atomic mass is 9.91. The van der Waals surface area contributed by atoms with Crippen molar-refractivity contribution in [2.45, 2.75) is 13.8 Å². The van der Waals surface area contributed by atoms with Crippen LogP contribution in [0.1, 0.15) is 31.8 Å². The van der Waals surface area contributed by atoms with E-state index >= 15 is 0 Å². The largest absolute Gasteiger partial charge is 0.478 e. The van der Waals surface area contributed by atoms with Crippen molar-refractivity contribution in [3.05, 3.63) is 58.7 Å². The first-order valence-corrected chi connectivity index (χ1v) is 6.48. The molecule has 0 atom stereocenters. The van der Waals surface area contributed by atoms with Crippen LogP contribution in [-0.2, 0) is 4.74 Å². The average molecular weight is 284 g/mol. The molecular weight excluding hydrogens is 268 g/mol. The van der Waals surface area contributed by atoms with Crippen molar-refractivity contribution in [2.75, 3.05) is 7.11 Å². The number of carboxylic acid groups (broad SMARTS) is 1. The first-order valence-electron chi connectivity index (χ1n) is 6.48. The van der Waals surface area contributed by atoms with Crippen LogP contribution in [0.4, 0.5) is 0 Å². The fourth-order valence-electron chi connectivity index (χ4n) is 2.32. The summed E-state index contributed by atoms with van der Waals surface area (Å²) >= 11 is 0. The van der Waals surface area contributed by atoms with E-state index < -0.39 is 11.9 Å². The highest BCUT2D eigenvalue weighted by atomic mass is 16.5. The Kier molecular flexibility index (Phi) is 4.08. The molecule has 0 aromatic heterocycles. The van der Waals surface area contributed by atoms with Crippen LogP contribution in [0.2, 0.25) is 0 Å². The summed E-state index contributed by atoms with van der Waals surface area (Å²) in [7, 11) is 1.24.